The zero-order valence-electron chi connectivity index (χ0n) is 16.6. The molecule has 0 aliphatic heterocycles. The summed E-state index contributed by atoms with van der Waals surface area (Å²) >= 11 is 0. The van der Waals surface area contributed by atoms with Crippen LogP contribution in [-0.2, 0) is 10.1 Å². The number of aliphatic hydroxyl groups excluding tert-OH is 1. The average molecular weight is 379 g/mol. The topological polar surface area (TPSA) is 74.6 Å². The van der Waals surface area contributed by atoms with Gasteiger partial charge in [-0.1, -0.05) is 90.9 Å². The van der Waals surface area contributed by atoms with Crippen molar-refractivity contribution in [2.45, 2.75) is 128 Å². The molecule has 0 radical (unpaired) electrons. The molecule has 0 amide bonds. The summed E-state index contributed by atoms with van der Waals surface area (Å²) in [4.78, 5) is 0. The summed E-state index contributed by atoms with van der Waals surface area (Å²) in [6, 6.07) is 0. The van der Waals surface area contributed by atoms with Crippen LogP contribution in [0.25, 0.3) is 0 Å². The van der Waals surface area contributed by atoms with Crippen LogP contribution >= 0.6 is 0 Å². The monoisotopic (exact) mass is 378 g/mol. The highest BCUT2D eigenvalue weighted by Gasteiger charge is 2.23. The van der Waals surface area contributed by atoms with Crippen LogP contribution in [0.3, 0.4) is 0 Å². The van der Waals surface area contributed by atoms with Gasteiger partial charge in [0.25, 0.3) is 10.1 Å². The van der Waals surface area contributed by atoms with Crippen molar-refractivity contribution in [2.24, 2.45) is 0 Å². The van der Waals surface area contributed by atoms with E-state index in [4.69, 9.17) is 0 Å². The Labute approximate surface area is 156 Å². The Kier molecular flexibility index (Phi) is 16.0. The van der Waals surface area contributed by atoms with Crippen LogP contribution in [0.4, 0.5) is 0 Å². The van der Waals surface area contributed by atoms with Gasteiger partial charge in [-0.25, -0.2) is 0 Å². The van der Waals surface area contributed by atoms with Crippen molar-refractivity contribution in [3.05, 3.63) is 0 Å². The fourth-order valence-corrected chi connectivity index (χ4v) is 4.16. The highest BCUT2D eigenvalue weighted by Crippen LogP contribution is 2.18. The molecule has 0 aromatic carbocycles. The van der Waals surface area contributed by atoms with Crippen LogP contribution in [-0.4, -0.2) is 29.4 Å². The molecule has 0 rings (SSSR count). The maximum Gasteiger partial charge on any atom is 0.267 e. The Hall–Kier alpha value is -0.130. The molecule has 0 aliphatic rings. The van der Waals surface area contributed by atoms with Gasteiger partial charge in [-0.05, 0) is 25.7 Å². The van der Waals surface area contributed by atoms with Crippen molar-refractivity contribution in [1.29, 1.82) is 0 Å². The van der Waals surface area contributed by atoms with Crippen molar-refractivity contribution in [3.8, 4) is 0 Å². The minimum absolute atomic E-state index is 0.359. The van der Waals surface area contributed by atoms with Gasteiger partial charge in [-0.3, -0.25) is 4.55 Å². The Morgan fingerprint density at radius 3 is 1.60 bits per heavy atom. The van der Waals surface area contributed by atoms with E-state index in [0.717, 1.165) is 32.1 Å². The lowest BCUT2D eigenvalue weighted by Crippen LogP contribution is -2.22. The summed E-state index contributed by atoms with van der Waals surface area (Å²) in [6.45, 7) is 4.24. The fourth-order valence-electron chi connectivity index (χ4n) is 3.26. The van der Waals surface area contributed by atoms with Gasteiger partial charge in [0.2, 0.25) is 0 Å². The lowest BCUT2D eigenvalue weighted by Gasteiger charge is -2.16. The van der Waals surface area contributed by atoms with E-state index in [1.165, 1.54) is 51.4 Å². The quantitative estimate of drug-likeness (QED) is 0.230. The molecule has 25 heavy (non-hydrogen) atoms. The van der Waals surface area contributed by atoms with E-state index < -0.39 is 21.5 Å². The number of rotatable bonds is 18. The third kappa shape index (κ3) is 15.8. The number of hydrogen-bond donors (Lipinski definition) is 2. The summed E-state index contributed by atoms with van der Waals surface area (Å²) in [5.74, 6) is 0. The molecule has 0 aromatic rings. The SMILES string of the molecule is CCCCCCCCCCCCC(O)CCC(CCCC)S(=O)(=O)O. The smallest absolute Gasteiger partial charge is 0.267 e. The normalized spacial score (nSPS) is 14.6. The average Bonchev–Trinajstić information content (AvgIpc) is 2.55. The number of unbranched alkanes of at least 4 members (excludes halogenated alkanes) is 10. The summed E-state index contributed by atoms with van der Waals surface area (Å²) in [6.07, 6.45) is 16.0. The van der Waals surface area contributed by atoms with Crippen LogP contribution in [0.15, 0.2) is 0 Å². The lowest BCUT2D eigenvalue weighted by atomic mass is 10.0. The van der Waals surface area contributed by atoms with Crippen molar-refractivity contribution in [3.63, 3.8) is 0 Å². The third-order valence-electron chi connectivity index (χ3n) is 5.01. The predicted octanol–water partition coefficient (Wildman–Crippen LogP) is 5.89. The maximum absolute atomic E-state index is 11.4. The van der Waals surface area contributed by atoms with E-state index in [-0.39, 0.29) is 0 Å². The summed E-state index contributed by atoms with van der Waals surface area (Å²) in [5.41, 5.74) is 0. The molecule has 152 valence electrons. The van der Waals surface area contributed by atoms with Crippen molar-refractivity contribution < 1.29 is 18.1 Å². The zero-order valence-corrected chi connectivity index (χ0v) is 17.4. The van der Waals surface area contributed by atoms with E-state index in [9.17, 15) is 18.1 Å². The molecule has 0 bridgehead atoms. The first kappa shape index (κ1) is 24.9. The van der Waals surface area contributed by atoms with Gasteiger partial charge in [0.15, 0.2) is 0 Å². The fraction of sp³-hybridized carbons (Fsp3) is 1.00. The van der Waals surface area contributed by atoms with Crippen LogP contribution in [0.2, 0.25) is 0 Å². The Balaban J connectivity index is 3.64. The second-order valence-electron chi connectivity index (χ2n) is 7.48. The molecule has 4 nitrogen and oxygen atoms in total. The number of hydrogen-bond acceptors (Lipinski definition) is 3. The highest BCUT2D eigenvalue weighted by molar-refractivity contribution is 7.86. The molecule has 0 aliphatic carbocycles. The molecule has 2 unspecified atom stereocenters. The molecule has 5 heteroatoms. The molecule has 2 N–H and O–H groups in total. The van der Waals surface area contributed by atoms with E-state index >= 15 is 0 Å². The van der Waals surface area contributed by atoms with E-state index in [1.807, 2.05) is 6.92 Å². The summed E-state index contributed by atoms with van der Waals surface area (Å²) < 4.78 is 32.0. The molecular weight excluding hydrogens is 336 g/mol. The lowest BCUT2D eigenvalue weighted by molar-refractivity contribution is 0.147. The van der Waals surface area contributed by atoms with Crippen LogP contribution in [0, 0.1) is 0 Å². The predicted molar refractivity (Wildman–Crippen MR) is 107 cm³/mol. The van der Waals surface area contributed by atoms with Crippen molar-refractivity contribution >= 4 is 10.1 Å². The Morgan fingerprint density at radius 1 is 0.640 bits per heavy atom. The van der Waals surface area contributed by atoms with Crippen molar-refractivity contribution in [2.75, 3.05) is 0 Å². The van der Waals surface area contributed by atoms with Gasteiger partial charge in [0.05, 0.1) is 11.4 Å². The van der Waals surface area contributed by atoms with Crippen molar-refractivity contribution in [1.82, 2.24) is 0 Å². The molecule has 0 heterocycles. The van der Waals surface area contributed by atoms with Gasteiger partial charge in [-0.2, -0.15) is 8.42 Å². The minimum atomic E-state index is -3.99. The first-order chi connectivity index (χ1) is 11.9. The molecular formula is C20H42O4S. The molecule has 2 atom stereocenters. The second-order valence-corrected chi connectivity index (χ2v) is 9.18. The van der Waals surface area contributed by atoms with Crippen LogP contribution in [0.1, 0.15) is 117 Å². The first-order valence-corrected chi connectivity index (χ1v) is 12.1. The van der Waals surface area contributed by atoms with E-state index in [2.05, 4.69) is 6.92 Å². The molecule has 0 spiro atoms. The standard InChI is InChI=1S/C20H42O4S/c1-3-5-7-8-9-10-11-12-13-14-15-19(21)17-18-20(16-6-4-2)25(22,23)24/h19-21H,3-18H2,1-2H3,(H,22,23,24). The van der Waals surface area contributed by atoms with E-state index in [0.29, 0.717) is 19.3 Å². The summed E-state index contributed by atoms with van der Waals surface area (Å²) in [7, 11) is -3.99. The van der Waals surface area contributed by atoms with Crippen LogP contribution in [0.5, 0.6) is 0 Å². The summed E-state index contributed by atoms with van der Waals surface area (Å²) in [5, 5.41) is 9.32. The third-order valence-corrected chi connectivity index (χ3v) is 6.33. The molecule has 0 saturated heterocycles. The highest BCUT2D eigenvalue weighted by atomic mass is 32.2. The molecule has 0 saturated carbocycles. The minimum Gasteiger partial charge on any atom is -0.393 e. The number of aliphatic hydroxyl groups is 1. The van der Waals surface area contributed by atoms with Gasteiger partial charge >= 0.3 is 0 Å². The first-order valence-electron chi connectivity index (χ1n) is 10.6. The van der Waals surface area contributed by atoms with Gasteiger partial charge in [0.1, 0.15) is 0 Å². The van der Waals surface area contributed by atoms with Gasteiger partial charge < -0.3 is 5.11 Å². The van der Waals surface area contributed by atoms with Gasteiger partial charge in [0, 0.05) is 0 Å². The molecule has 0 fully saturated rings. The maximum atomic E-state index is 11.4. The zero-order chi connectivity index (χ0) is 19.0. The Bertz CT molecular complexity index is 381. The largest absolute Gasteiger partial charge is 0.393 e. The second kappa shape index (κ2) is 16.1. The Morgan fingerprint density at radius 2 is 1.12 bits per heavy atom. The van der Waals surface area contributed by atoms with Crippen LogP contribution < -0.4 is 0 Å². The van der Waals surface area contributed by atoms with Gasteiger partial charge in [-0.15, -0.1) is 0 Å². The molecule has 0 aromatic heterocycles. The van der Waals surface area contributed by atoms with E-state index in [1.54, 1.807) is 0 Å².